The van der Waals surface area contributed by atoms with Gasteiger partial charge in [-0.25, -0.2) is 9.59 Å². The largest absolute Gasteiger partial charge is 0.465 e. The predicted molar refractivity (Wildman–Crippen MR) is 149 cm³/mol. The van der Waals surface area contributed by atoms with Crippen molar-refractivity contribution in [3.63, 3.8) is 0 Å². The molecule has 2 heterocycles. The first-order valence-electron chi connectivity index (χ1n) is 11.4. The average molecular weight is 594 g/mol. The summed E-state index contributed by atoms with van der Waals surface area (Å²) >= 11 is 7.99. The number of esters is 2. The van der Waals surface area contributed by atoms with Crippen molar-refractivity contribution in [2.24, 2.45) is 0 Å². The summed E-state index contributed by atoms with van der Waals surface area (Å²) in [5.74, 6) is -1.93. The number of benzene rings is 2. The molecule has 0 aromatic heterocycles. The number of methoxy groups -OCH3 is 2. The Morgan fingerprint density at radius 1 is 0.923 bits per heavy atom. The van der Waals surface area contributed by atoms with E-state index in [0.29, 0.717) is 25.9 Å². The maximum atomic E-state index is 13.8. The molecule has 6 nitrogen and oxygen atoms in total. The Morgan fingerprint density at radius 2 is 1.46 bits per heavy atom. The lowest BCUT2D eigenvalue weighted by atomic mass is 9.82. The van der Waals surface area contributed by atoms with Crippen molar-refractivity contribution in [3.8, 4) is 0 Å². The first-order valence-corrected chi connectivity index (χ1v) is 13.4. The van der Waals surface area contributed by atoms with Crippen LogP contribution in [0.2, 0.25) is 0 Å². The second-order valence-corrected chi connectivity index (χ2v) is 11.8. The minimum Gasteiger partial charge on any atom is -0.465 e. The number of carbonyl (C=O) groups excluding carboxylic acids is 3. The molecule has 0 atom stereocenters. The van der Waals surface area contributed by atoms with Gasteiger partial charge in [-0.2, -0.15) is 13.2 Å². The van der Waals surface area contributed by atoms with Crippen molar-refractivity contribution in [2.75, 3.05) is 19.1 Å². The summed E-state index contributed by atoms with van der Waals surface area (Å²) in [5, 5.41) is 0. The van der Waals surface area contributed by atoms with Gasteiger partial charge in [0.1, 0.15) is 9.81 Å². The van der Waals surface area contributed by atoms with Crippen molar-refractivity contribution in [3.05, 3.63) is 78.8 Å². The fourth-order valence-corrected chi connectivity index (χ4v) is 7.26. The van der Waals surface area contributed by atoms with Gasteiger partial charge in [0.15, 0.2) is 0 Å². The molecule has 12 heteroatoms. The van der Waals surface area contributed by atoms with Gasteiger partial charge in [0.2, 0.25) is 0 Å². The van der Waals surface area contributed by atoms with Gasteiger partial charge in [0.05, 0.1) is 40.1 Å². The van der Waals surface area contributed by atoms with Crippen molar-refractivity contribution >= 4 is 69.7 Å². The summed E-state index contributed by atoms with van der Waals surface area (Å²) in [6, 6.07) is 9.41. The average Bonchev–Trinajstić information content (AvgIpc) is 3.33. The Bertz CT molecular complexity index is 1450. The van der Waals surface area contributed by atoms with Crippen molar-refractivity contribution < 1.29 is 37.0 Å². The standard InChI is InChI=1S/C27H22F3NO5S3/c1-13-6-11-17-16(12-13)18(25-38-19(23(33)35-4)20(39-25)24(34)36-5)21(37)26(2,3)31(17)22(32)14-7-9-15(10-8-14)27(28,29)30/h6-12H,1-5H3. The third kappa shape index (κ3) is 5.12. The van der Waals surface area contributed by atoms with Crippen LogP contribution in [0.3, 0.4) is 0 Å². The number of fused-ring (bicyclic) bond motifs is 1. The third-order valence-corrected chi connectivity index (χ3v) is 9.47. The molecule has 1 amide bonds. The number of amides is 1. The van der Waals surface area contributed by atoms with Crippen LogP contribution in [0.25, 0.3) is 5.57 Å². The lowest BCUT2D eigenvalue weighted by molar-refractivity contribution is -0.138. The number of aryl methyl sites for hydroxylation is 1. The van der Waals surface area contributed by atoms with Crippen LogP contribution in [0, 0.1) is 6.92 Å². The molecule has 2 aromatic rings. The highest BCUT2D eigenvalue weighted by atomic mass is 32.2. The second-order valence-electron chi connectivity index (χ2n) is 9.13. The van der Waals surface area contributed by atoms with Crippen LogP contribution in [0.1, 0.15) is 40.9 Å². The van der Waals surface area contributed by atoms with Gasteiger partial charge in [-0.3, -0.25) is 9.69 Å². The third-order valence-electron chi connectivity index (χ3n) is 6.21. The van der Waals surface area contributed by atoms with E-state index in [2.05, 4.69) is 0 Å². The number of carbonyl (C=O) groups is 3. The molecule has 0 fully saturated rings. The van der Waals surface area contributed by atoms with Crippen molar-refractivity contribution in [1.29, 1.82) is 0 Å². The molecule has 0 unspecified atom stereocenters. The number of hydrogen-bond donors (Lipinski definition) is 0. The molecular weight excluding hydrogens is 571 g/mol. The summed E-state index contributed by atoms with van der Waals surface area (Å²) in [4.78, 5) is 40.7. The zero-order chi connectivity index (χ0) is 28.9. The topological polar surface area (TPSA) is 72.9 Å². The predicted octanol–water partition coefficient (Wildman–Crippen LogP) is 6.53. The number of rotatable bonds is 3. The van der Waals surface area contributed by atoms with E-state index in [9.17, 15) is 27.6 Å². The van der Waals surface area contributed by atoms with Gasteiger partial charge < -0.3 is 9.47 Å². The highest BCUT2D eigenvalue weighted by molar-refractivity contribution is 8.29. The Morgan fingerprint density at radius 3 is 1.95 bits per heavy atom. The van der Waals surface area contributed by atoms with Crippen LogP contribution < -0.4 is 4.90 Å². The molecule has 0 radical (unpaired) electrons. The Balaban J connectivity index is 1.87. The number of alkyl halides is 3. The van der Waals surface area contributed by atoms with Crippen LogP contribution in [0.15, 0.2) is 56.5 Å². The van der Waals surface area contributed by atoms with Gasteiger partial charge in [0.25, 0.3) is 5.91 Å². The maximum Gasteiger partial charge on any atom is 0.416 e. The Labute approximate surface area is 236 Å². The molecule has 39 heavy (non-hydrogen) atoms. The Hall–Kier alpha value is -3.09. The van der Waals surface area contributed by atoms with Gasteiger partial charge in [-0.15, -0.1) is 0 Å². The van der Waals surface area contributed by atoms with Crippen LogP contribution in [0.4, 0.5) is 18.9 Å². The van der Waals surface area contributed by atoms with E-state index in [4.69, 9.17) is 21.7 Å². The lowest BCUT2D eigenvalue weighted by Crippen LogP contribution is -2.56. The van der Waals surface area contributed by atoms with E-state index in [-0.39, 0.29) is 15.4 Å². The highest BCUT2D eigenvalue weighted by Crippen LogP contribution is 2.56. The number of hydrogen-bond acceptors (Lipinski definition) is 8. The Kier molecular flexibility index (Phi) is 7.76. The molecular formula is C27H22F3NO5S3. The minimum atomic E-state index is -4.53. The van der Waals surface area contributed by atoms with Crippen LogP contribution in [-0.4, -0.2) is 42.5 Å². The lowest BCUT2D eigenvalue weighted by Gasteiger charge is -2.45. The zero-order valence-electron chi connectivity index (χ0n) is 21.4. The van der Waals surface area contributed by atoms with Crippen LogP contribution in [-0.2, 0) is 25.2 Å². The van der Waals surface area contributed by atoms with Gasteiger partial charge >= 0.3 is 18.1 Å². The molecule has 0 saturated carbocycles. The maximum absolute atomic E-state index is 13.8. The van der Waals surface area contributed by atoms with E-state index in [1.807, 2.05) is 19.1 Å². The van der Waals surface area contributed by atoms with Crippen molar-refractivity contribution in [1.82, 2.24) is 0 Å². The van der Waals surface area contributed by atoms with Crippen LogP contribution >= 0.6 is 35.7 Å². The SMILES string of the molecule is COC(=O)C1=C(C(=O)OC)SC(=C2C(=S)C(C)(C)N(C(=O)c3ccc(C(F)(F)F)cc3)c3ccc(C)cc32)S1. The zero-order valence-corrected chi connectivity index (χ0v) is 23.8. The minimum absolute atomic E-state index is 0.0636. The highest BCUT2D eigenvalue weighted by Gasteiger charge is 2.46. The molecule has 0 saturated heterocycles. The molecule has 2 aromatic carbocycles. The fraction of sp³-hybridized carbons (Fsp3) is 0.259. The monoisotopic (exact) mass is 593 g/mol. The summed E-state index contributed by atoms with van der Waals surface area (Å²) < 4.78 is 49.5. The van der Waals surface area contributed by atoms with E-state index in [1.54, 1.807) is 19.9 Å². The molecule has 2 aliphatic heterocycles. The second kappa shape index (κ2) is 10.5. The number of thiocarbonyl (C=S) groups is 1. The van der Waals surface area contributed by atoms with Gasteiger partial charge in [-0.1, -0.05) is 47.4 Å². The quantitative estimate of drug-likeness (QED) is 0.226. The fourth-order valence-electron chi connectivity index (χ4n) is 4.23. The van der Waals surface area contributed by atoms with E-state index >= 15 is 0 Å². The smallest absolute Gasteiger partial charge is 0.416 e. The van der Waals surface area contributed by atoms with E-state index in [0.717, 1.165) is 53.4 Å². The van der Waals surface area contributed by atoms with Gasteiger partial charge in [-0.05, 0) is 57.2 Å². The number of thioether (sulfide) groups is 2. The first-order chi connectivity index (χ1) is 18.2. The molecule has 0 N–H and O–H groups in total. The van der Waals surface area contributed by atoms with Crippen LogP contribution in [0.5, 0.6) is 0 Å². The summed E-state index contributed by atoms with van der Waals surface area (Å²) in [6.07, 6.45) is -4.53. The number of ether oxygens (including phenoxy) is 2. The summed E-state index contributed by atoms with van der Waals surface area (Å²) in [6.45, 7) is 5.34. The number of nitrogens with zero attached hydrogens (tertiary/aromatic N) is 1. The molecule has 0 aliphatic carbocycles. The molecule has 4 rings (SSSR count). The summed E-state index contributed by atoms with van der Waals surface area (Å²) in [7, 11) is 2.41. The van der Waals surface area contributed by atoms with Crippen molar-refractivity contribution in [2.45, 2.75) is 32.5 Å². The van der Waals surface area contributed by atoms with E-state index in [1.165, 1.54) is 19.1 Å². The van der Waals surface area contributed by atoms with E-state index < -0.39 is 35.1 Å². The molecule has 0 bridgehead atoms. The molecule has 2 aliphatic rings. The number of anilines is 1. The number of halogens is 3. The summed E-state index contributed by atoms with van der Waals surface area (Å²) in [5.41, 5.74) is 0.595. The first kappa shape index (κ1) is 28.9. The molecule has 204 valence electrons. The molecule has 0 spiro atoms. The van der Waals surface area contributed by atoms with Gasteiger partial charge in [0, 0.05) is 16.7 Å². The normalized spacial score (nSPS) is 16.8.